The van der Waals surface area contributed by atoms with Crippen molar-refractivity contribution in [2.24, 2.45) is 5.92 Å². The zero-order valence-corrected chi connectivity index (χ0v) is 11.9. The minimum atomic E-state index is -3.81. The lowest BCUT2D eigenvalue weighted by molar-refractivity contribution is 0.0903. The molecule has 2 atom stereocenters. The van der Waals surface area contributed by atoms with E-state index in [1.165, 1.54) is 12.3 Å². The molecule has 0 saturated carbocycles. The summed E-state index contributed by atoms with van der Waals surface area (Å²) < 4.78 is 27.5. The van der Waals surface area contributed by atoms with Gasteiger partial charge in [-0.1, -0.05) is 0 Å². The third kappa shape index (κ3) is 3.49. The van der Waals surface area contributed by atoms with Crippen LogP contribution in [-0.4, -0.2) is 38.6 Å². The molecule has 1 aliphatic heterocycles. The predicted molar refractivity (Wildman–Crippen MR) is 69.7 cm³/mol. The molecule has 0 aliphatic carbocycles. The molecular formula is C11H15ClN2O4S. The van der Waals surface area contributed by atoms with Crippen LogP contribution >= 0.6 is 10.7 Å². The molecule has 0 aromatic carbocycles. The summed E-state index contributed by atoms with van der Waals surface area (Å²) in [4.78, 5) is 14.3. The molecule has 2 N–H and O–H groups in total. The van der Waals surface area contributed by atoms with Gasteiger partial charge < -0.3 is 15.0 Å². The standard InChI is InChI=1S/C11H15ClN2O4S/c1-7-8(2-3-18-7)5-14-11(15)10-4-9(6-13-10)19(12,16)17/h4,6-8,13H,2-3,5H2,1H3,(H,14,15). The van der Waals surface area contributed by atoms with Gasteiger partial charge in [-0.25, -0.2) is 8.42 Å². The smallest absolute Gasteiger partial charge is 0.267 e. The second kappa shape index (κ2) is 5.52. The van der Waals surface area contributed by atoms with Crippen molar-refractivity contribution in [3.63, 3.8) is 0 Å². The van der Waals surface area contributed by atoms with E-state index in [0.717, 1.165) is 6.42 Å². The van der Waals surface area contributed by atoms with Crippen LogP contribution < -0.4 is 5.32 Å². The Morgan fingerprint density at radius 1 is 1.63 bits per heavy atom. The molecule has 2 rings (SSSR count). The highest BCUT2D eigenvalue weighted by Crippen LogP contribution is 2.20. The maximum atomic E-state index is 11.8. The van der Waals surface area contributed by atoms with E-state index in [0.29, 0.717) is 13.2 Å². The fraction of sp³-hybridized carbons (Fsp3) is 0.545. The number of ether oxygens (including phenoxy) is 1. The number of hydrogen-bond donors (Lipinski definition) is 2. The average Bonchev–Trinajstić information content (AvgIpc) is 2.93. The van der Waals surface area contributed by atoms with Gasteiger partial charge in [0, 0.05) is 35.9 Å². The van der Waals surface area contributed by atoms with Crippen molar-refractivity contribution >= 4 is 25.6 Å². The number of hydrogen-bond acceptors (Lipinski definition) is 4. The van der Waals surface area contributed by atoms with Crippen molar-refractivity contribution in [1.82, 2.24) is 10.3 Å². The Balaban J connectivity index is 1.95. The molecule has 19 heavy (non-hydrogen) atoms. The first kappa shape index (κ1) is 14.4. The highest BCUT2D eigenvalue weighted by atomic mass is 35.7. The number of H-pyrrole nitrogens is 1. The summed E-state index contributed by atoms with van der Waals surface area (Å²) in [6.07, 6.45) is 2.23. The predicted octanol–water partition coefficient (Wildman–Crippen LogP) is 1.10. The van der Waals surface area contributed by atoms with Gasteiger partial charge in [-0.05, 0) is 19.4 Å². The molecule has 2 unspecified atom stereocenters. The van der Waals surface area contributed by atoms with Gasteiger partial charge in [-0.3, -0.25) is 4.79 Å². The van der Waals surface area contributed by atoms with Crippen LogP contribution in [0.4, 0.5) is 0 Å². The largest absolute Gasteiger partial charge is 0.378 e. The van der Waals surface area contributed by atoms with E-state index in [1.807, 2.05) is 6.92 Å². The van der Waals surface area contributed by atoms with Crippen LogP contribution in [0.3, 0.4) is 0 Å². The quantitative estimate of drug-likeness (QED) is 0.815. The van der Waals surface area contributed by atoms with Crippen molar-refractivity contribution < 1.29 is 17.9 Å². The maximum Gasteiger partial charge on any atom is 0.267 e. The molecule has 0 radical (unpaired) electrons. The van der Waals surface area contributed by atoms with E-state index in [2.05, 4.69) is 10.3 Å². The minimum absolute atomic E-state index is 0.114. The zero-order chi connectivity index (χ0) is 14.0. The molecule has 1 fully saturated rings. The zero-order valence-electron chi connectivity index (χ0n) is 10.3. The minimum Gasteiger partial charge on any atom is -0.378 e. The summed E-state index contributed by atoms with van der Waals surface area (Å²) in [6.45, 7) is 3.18. The molecule has 6 nitrogen and oxygen atoms in total. The summed E-state index contributed by atoms with van der Waals surface area (Å²) >= 11 is 0. The molecule has 106 valence electrons. The topological polar surface area (TPSA) is 88.3 Å². The third-order valence-corrected chi connectivity index (χ3v) is 4.57. The first-order valence-electron chi connectivity index (χ1n) is 5.91. The molecule has 1 aromatic heterocycles. The number of carbonyl (C=O) groups is 1. The number of halogens is 1. The van der Waals surface area contributed by atoms with Gasteiger partial charge in [-0.15, -0.1) is 0 Å². The van der Waals surface area contributed by atoms with Gasteiger partial charge in [0.15, 0.2) is 0 Å². The van der Waals surface area contributed by atoms with Crippen LogP contribution in [0.25, 0.3) is 0 Å². The lowest BCUT2D eigenvalue weighted by atomic mass is 10.0. The SMILES string of the molecule is CC1OCCC1CNC(=O)c1cc(S(=O)(=O)Cl)c[nH]1. The second-order valence-electron chi connectivity index (χ2n) is 4.52. The molecule has 8 heteroatoms. The molecule has 2 heterocycles. The van der Waals surface area contributed by atoms with Gasteiger partial charge in [0.25, 0.3) is 15.0 Å². The first-order valence-corrected chi connectivity index (χ1v) is 8.22. The van der Waals surface area contributed by atoms with E-state index in [9.17, 15) is 13.2 Å². The summed E-state index contributed by atoms with van der Waals surface area (Å²) in [7, 11) is 1.37. The van der Waals surface area contributed by atoms with Gasteiger partial charge >= 0.3 is 0 Å². The monoisotopic (exact) mass is 306 g/mol. The number of aromatic amines is 1. The van der Waals surface area contributed by atoms with Crippen LogP contribution in [0, 0.1) is 5.92 Å². The van der Waals surface area contributed by atoms with Crippen LogP contribution in [0.2, 0.25) is 0 Å². The van der Waals surface area contributed by atoms with Crippen molar-refractivity contribution in [2.75, 3.05) is 13.2 Å². The highest BCUT2D eigenvalue weighted by Gasteiger charge is 2.25. The summed E-state index contributed by atoms with van der Waals surface area (Å²) in [5, 5.41) is 2.75. The van der Waals surface area contributed by atoms with Crippen LogP contribution in [-0.2, 0) is 13.8 Å². The molecule has 0 bridgehead atoms. The molecule has 0 spiro atoms. The van der Waals surface area contributed by atoms with Crippen molar-refractivity contribution in [3.8, 4) is 0 Å². The third-order valence-electron chi connectivity index (χ3n) is 3.24. The Morgan fingerprint density at radius 2 is 2.37 bits per heavy atom. The van der Waals surface area contributed by atoms with Gasteiger partial charge in [0.2, 0.25) is 0 Å². The number of amides is 1. The number of carbonyl (C=O) groups excluding carboxylic acids is 1. The maximum absolute atomic E-state index is 11.8. The van der Waals surface area contributed by atoms with E-state index in [4.69, 9.17) is 15.4 Å². The number of nitrogens with one attached hydrogen (secondary N) is 2. The van der Waals surface area contributed by atoms with Gasteiger partial charge in [0.1, 0.15) is 10.6 Å². The van der Waals surface area contributed by atoms with Gasteiger partial charge in [0.05, 0.1) is 6.10 Å². The average molecular weight is 307 g/mol. The van der Waals surface area contributed by atoms with Crippen molar-refractivity contribution in [1.29, 1.82) is 0 Å². The fourth-order valence-corrected chi connectivity index (χ4v) is 2.74. The van der Waals surface area contributed by atoms with E-state index in [1.54, 1.807) is 0 Å². The van der Waals surface area contributed by atoms with E-state index in [-0.39, 0.29) is 28.5 Å². The summed E-state index contributed by atoms with van der Waals surface area (Å²) in [6, 6.07) is 1.21. The molecule has 1 amide bonds. The second-order valence-corrected chi connectivity index (χ2v) is 7.09. The number of aromatic nitrogens is 1. The van der Waals surface area contributed by atoms with Crippen LogP contribution in [0.15, 0.2) is 17.2 Å². The Morgan fingerprint density at radius 3 is 2.89 bits per heavy atom. The first-order chi connectivity index (χ1) is 8.88. The van der Waals surface area contributed by atoms with Crippen LogP contribution in [0.5, 0.6) is 0 Å². The van der Waals surface area contributed by atoms with Gasteiger partial charge in [-0.2, -0.15) is 0 Å². The summed E-state index contributed by atoms with van der Waals surface area (Å²) in [5.74, 6) is -0.0687. The molecular weight excluding hydrogens is 292 g/mol. The van der Waals surface area contributed by atoms with Crippen molar-refractivity contribution in [2.45, 2.75) is 24.3 Å². The normalized spacial score (nSPS) is 23.5. The lowest BCUT2D eigenvalue weighted by Gasteiger charge is -2.14. The van der Waals surface area contributed by atoms with Crippen molar-refractivity contribution in [3.05, 3.63) is 18.0 Å². The Hall–Kier alpha value is -1.05. The van der Waals surface area contributed by atoms with E-state index < -0.39 is 9.05 Å². The van der Waals surface area contributed by atoms with E-state index >= 15 is 0 Å². The number of rotatable bonds is 4. The molecule has 1 aromatic rings. The Bertz CT molecular complexity index is 569. The Kier molecular flexibility index (Phi) is 4.17. The summed E-state index contributed by atoms with van der Waals surface area (Å²) in [5.41, 5.74) is 0.172. The highest BCUT2D eigenvalue weighted by molar-refractivity contribution is 8.13. The van der Waals surface area contributed by atoms with Crippen LogP contribution in [0.1, 0.15) is 23.8 Å². The fourth-order valence-electron chi connectivity index (χ4n) is 2.01. The Labute approximate surface area is 115 Å². The molecule has 1 aliphatic rings. The lowest BCUT2D eigenvalue weighted by Crippen LogP contribution is -2.32. The molecule has 1 saturated heterocycles.